The number of halogens is 1. The lowest BCUT2D eigenvalue weighted by Crippen LogP contribution is -2.14. The fraction of sp³-hybridized carbons (Fsp3) is 0.467. The van der Waals surface area contributed by atoms with Crippen molar-refractivity contribution in [3.63, 3.8) is 0 Å². The molecule has 2 heterocycles. The van der Waals surface area contributed by atoms with Gasteiger partial charge in [0.25, 0.3) is 0 Å². The smallest absolute Gasteiger partial charge is 0.0766 e. The predicted octanol–water partition coefficient (Wildman–Crippen LogP) is 2.68. The van der Waals surface area contributed by atoms with E-state index in [1.165, 1.54) is 5.56 Å². The van der Waals surface area contributed by atoms with Crippen LogP contribution in [0.3, 0.4) is 0 Å². The normalized spacial score (nSPS) is 12.6. The van der Waals surface area contributed by atoms with Crippen molar-refractivity contribution >= 4 is 15.9 Å². The van der Waals surface area contributed by atoms with Crippen LogP contribution in [0.25, 0.3) is 0 Å². The van der Waals surface area contributed by atoms with Crippen LogP contribution in [0.2, 0.25) is 0 Å². The summed E-state index contributed by atoms with van der Waals surface area (Å²) in [6, 6.07) is 3.98. The lowest BCUT2D eigenvalue weighted by atomic mass is 10.0. The van der Waals surface area contributed by atoms with Gasteiger partial charge >= 0.3 is 0 Å². The van der Waals surface area contributed by atoms with Gasteiger partial charge < -0.3 is 5.11 Å². The van der Waals surface area contributed by atoms with E-state index < -0.39 is 0 Å². The third-order valence-electron chi connectivity index (χ3n) is 3.45. The summed E-state index contributed by atoms with van der Waals surface area (Å²) in [6.07, 6.45) is 6.32. The maximum Gasteiger partial charge on any atom is 0.0766 e. The van der Waals surface area contributed by atoms with Crippen molar-refractivity contribution in [3.8, 4) is 0 Å². The molecule has 1 N–H and O–H groups in total. The van der Waals surface area contributed by atoms with Gasteiger partial charge in [-0.3, -0.25) is 9.67 Å². The molecule has 1 unspecified atom stereocenters. The molecule has 0 aliphatic rings. The SMILES string of the molecule is CCc1nn(C)c(CC(O)CCc2ccncc2)c1Br. The minimum Gasteiger partial charge on any atom is -0.393 e. The molecular weight excluding hydrogens is 318 g/mol. The van der Waals surface area contributed by atoms with E-state index in [1.54, 1.807) is 12.4 Å². The van der Waals surface area contributed by atoms with E-state index in [4.69, 9.17) is 0 Å². The maximum atomic E-state index is 10.2. The first-order valence-corrected chi connectivity index (χ1v) is 7.68. The summed E-state index contributed by atoms with van der Waals surface area (Å²) >= 11 is 3.58. The van der Waals surface area contributed by atoms with Crippen molar-refractivity contribution in [1.82, 2.24) is 14.8 Å². The van der Waals surface area contributed by atoms with Gasteiger partial charge in [0, 0.05) is 25.9 Å². The number of aryl methyl sites for hydroxylation is 3. The van der Waals surface area contributed by atoms with Crippen LogP contribution < -0.4 is 0 Å². The molecule has 0 radical (unpaired) electrons. The number of aliphatic hydroxyl groups is 1. The highest BCUT2D eigenvalue weighted by Crippen LogP contribution is 2.23. The Labute approximate surface area is 128 Å². The molecule has 108 valence electrons. The molecule has 2 rings (SSSR count). The summed E-state index contributed by atoms with van der Waals surface area (Å²) in [5.41, 5.74) is 3.31. The molecule has 1 atom stereocenters. The summed E-state index contributed by atoms with van der Waals surface area (Å²) in [5.74, 6) is 0. The monoisotopic (exact) mass is 337 g/mol. The first-order valence-electron chi connectivity index (χ1n) is 6.89. The Morgan fingerprint density at radius 2 is 2.05 bits per heavy atom. The quantitative estimate of drug-likeness (QED) is 0.881. The summed E-state index contributed by atoms with van der Waals surface area (Å²) in [6.45, 7) is 2.08. The van der Waals surface area contributed by atoms with Crippen molar-refractivity contribution in [2.45, 2.75) is 38.7 Å². The zero-order valence-electron chi connectivity index (χ0n) is 11.9. The average molecular weight is 338 g/mol. The summed E-state index contributed by atoms with van der Waals surface area (Å²) < 4.78 is 2.89. The van der Waals surface area contributed by atoms with E-state index in [0.717, 1.165) is 35.1 Å². The number of aliphatic hydroxyl groups excluding tert-OH is 1. The number of hydrogen-bond acceptors (Lipinski definition) is 3. The second kappa shape index (κ2) is 6.99. The third kappa shape index (κ3) is 3.67. The molecule has 0 spiro atoms. The second-order valence-corrected chi connectivity index (χ2v) is 5.73. The van der Waals surface area contributed by atoms with Gasteiger partial charge in [0.15, 0.2) is 0 Å². The fourth-order valence-corrected chi connectivity index (χ4v) is 3.03. The van der Waals surface area contributed by atoms with Crippen LogP contribution in [-0.4, -0.2) is 26.0 Å². The van der Waals surface area contributed by atoms with Gasteiger partial charge in [0.1, 0.15) is 0 Å². The van der Waals surface area contributed by atoms with Crippen LogP contribution in [0.5, 0.6) is 0 Å². The molecule has 20 heavy (non-hydrogen) atoms. The molecular formula is C15H20BrN3O. The summed E-state index contributed by atoms with van der Waals surface area (Å²) in [7, 11) is 1.93. The van der Waals surface area contributed by atoms with E-state index in [9.17, 15) is 5.11 Å². The molecule has 0 amide bonds. The van der Waals surface area contributed by atoms with Gasteiger partial charge in [0.05, 0.1) is 22.0 Å². The van der Waals surface area contributed by atoms with Crippen molar-refractivity contribution in [1.29, 1.82) is 0 Å². The topological polar surface area (TPSA) is 50.9 Å². The molecule has 4 nitrogen and oxygen atoms in total. The van der Waals surface area contributed by atoms with E-state index in [0.29, 0.717) is 6.42 Å². The van der Waals surface area contributed by atoms with E-state index in [2.05, 4.69) is 32.9 Å². The molecule has 5 heteroatoms. The molecule has 0 aromatic carbocycles. The van der Waals surface area contributed by atoms with E-state index in [-0.39, 0.29) is 6.10 Å². The molecule has 2 aromatic rings. The lowest BCUT2D eigenvalue weighted by molar-refractivity contribution is 0.162. The Kier molecular flexibility index (Phi) is 5.31. The Hall–Kier alpha value is -1.20. The molecule has 0 saturated carbocycles. The highest BCUT2D eigenvalue weighted by Gasteiger charge is 2.16. The third-order valence-corrected chi connectivity index (χ3v) is 4.36. The number of hydrogen-bond donors (Lipinski definition) is 1. The predicted molar refractivity (Wildman–Crippen MR) is 82.6 cm³/mol. The van der Waals surface area contributed by atoms with Gasteiger partial charge in [-0.1, -0.05) is 6.92 Å². The van der Waals surface area contributed by atoms with Crippen LogP contribution in [0.4, 0.5) is 0 Å². The molecule has 0 bridgehead atoms. The maximum absolute atomic E-state index is 10.2. The molecule has 0 saturated heterocycles. The van der Waals surface area contributed by atoms with E-state index >= 15 is 0 Å². The zero-order chi connectivity index (χ0) is 14.5. The number of nitrogens with zero attached hydrogens (tertiary/aromatic N) is 3. The Bertz CT molecular complexity index is 554. The van der Waals surface area contributed by atoms with Gasteiger partial charge in [-0.25, -0.2) is 0 Å². The molecule has 2 aromatic heterocycles. The second-order valence-electron chi connectivity index (χ2n) is 4.94. The highest BCUT2D eigenvalue weighted by atomic mass is 79.9. The van der Waals surface area contributed by atoms with Crippen molar-refractivity contribution in [3.05, 3.63) is 46.0 Å². The highest BCUT2D eigenvalue weighted by molar-refractivity contribution is 9.10. The first kappa shape index (κ1) is 15.2. The van der Waals surface area contributed by atoms with Crippen LogP contribution in [0.15, 0.2) is 29.0 Å². The molecule has 0 fully saturated rings. The molecule has 0 aliphatic carbocycles. The minimum absolute atomic E-state index is 0.362. The van der Waals surface area contributed by atoms with Crippen LogP contribution in [-0.2, 0) is 26.3 Å². The van der Waals surface area contributed by atoms with Gasteiger partial charge in [-0.05, 0) is 52.9 Å². The van der Waals surface area contributed by atoms with Crippen molar-refractivity contribution < 1.29 is 5.11 Å². The minimum atomic E-state index is -0.362. The van der Waals surface area contributed by atoms with Crippen molar-refractivity contribution in [2.75, 3.05) is 0 Å². The van der Waals surface area contributed by atoms with Gasteiger partial charge in [0.2, 0.25) is 0 Å². The van der Waals surface area contributed by atoms with Crippen LogP contribution >= 0.6 is 15.9 Å². The summed E-state index contributed by atoms with van der Waals surface area (Å²) in [4.78, 5) is 4.00. The van der Waals surface area contributed by atoms with Gasteiger partial charge in [-0.2, -0.15) is 5.10 Å². The standard InChI is InChI=1S/C15H20BrN3O/c1-3-13-15(16)14(19(2)18-13)10-12(20)5-4-11-6-8-17-9-7-11/h6-9,12,20H,3-5,10H2,1-2H3. The largest absolute Gasteiger partial charge is 0.393 e. The number of pyridine rings is 1. The van der Waals surface area contributed by atoms with Crippen LogP contribution in [0.1, 0.15) is 30.3 Å². The molecule has 0 aliphatic heterocycles. The number of aromatic nitrogens is 3. The average Bonchev–Trinajstić information content (AvgIpc) is 2.73. The Balaban J connectivity index is 1.95. The van der Waals surface area contributed by atoms with Crippen LogP contribution in [0, 0.1) is 0 Å². The lowest BCUT2D eigenvalue weighted by Gasteiger charge is -2.11. The van der Waals surface area contributed by atoms with E-state index in [1.807, 2.05) is 23.9 Å². The zero-order valence-corrected chi connectivity index (χ0v) is 13.5. The van der Waals surface area contributed by atoms with Crippen molar-refractivity contribution in [2.24, 2.45) is 7.05 Å². The number of rotatable bonds is 6. The Morgan fingerprint density at radius 3 is 2.65 bits per heavy atom. The first-order chi connectivity index (χ1) is 9.61. The summed E-state index contributed by atoms with van der Waals surface area (Å²) in [5, 5.41) is 14.7. The van der Waals surface area contributed by atoms with Gasteiger partial charge in [-0.15, -0.1) is 0 Å². The Morgan fingerprint density at radius 1 is 1.35 bits per heavy atom. The fourth-order valence-electron chi connectivity index (χ4n) is 2.25.